The number of hydrogen-bond acceptors (Lipinski definition) is 4. The fourth-order valence-corrected chi connectivity index (χ4v) is 3.27. The lowest BCUT2D eigenvalue weighted by Gasteiger charge is -2.15. The number of pyridine rings is 1. The Morgan fingerprint density at radius 2 is 2.37 bits per heavy atom. The summed E-state index contributed by atoms with van der Waals surface area (Å²) >= 11 is 1.84. The van der Waals surface area contributed by atoms with E-state index < -0.39 is 0 Å². The Labute approximate surface area is 120 Å². The van der Waals surface area contributed by atoms with Crippen molar-refractivity contribution < 1.29 is 4.74 Å². The van der Waals surface area contributed by atoms with E-state index in [1.54, 1.807) is 0 Å². The zero-order valence-corrected chi connectivity index (χ0v) is 12.9. The first-order chi connectivity index (χ1) is 9.20. The summed E-state index contributed by atoms with van der Waals surface area (Å²) in [4.78, 5) is 4.57. The Balaban J connectivity index is 1.90. The van der Waals surface area contributed by atoms with E-state index in [1.165, 1.54) is 5.56 Å². The first kappa shape index (κ1) is 14.8. The summed E-state index contributed by atoms with van der Waals surface area (Å²) in [6.07, 6.45) is 4.63. The van der Waals surface area contributed by atoms with Crippen LogP contribution in [0, 0.1) is 0 Å². The molecule has 0 aliphatic carbocycles. The zero-order valence-electron chi connectivity index (χ0n) is 12.1. The van der Waals surface area contributed by atoms with Crippen molar-refractivity contribution in [3.05, 3.63) is 23.9 Å². The Hall–Kier alpha value is -0.580. The Kier molecular flexibility index (Phi) is 5.67. The van der Waals surface area contributed by atoms with Crippen molar-refractivity contribution in [1.29, 1.82) is 0 Å². The highest BCUT2D eigenvalue weighted by molar-refractivity contribution is 7.99. The van der Waals surface area contributed by atoms with Crippen molar-refractivity contribution >= 4 is 11.8 Å². The molecule has 0 aromatic carbocycles. The van der Waals surface area contributed by atoms with Crippen LogP contribution in [0.1, 0.15) is 45.2 Å². The van der Waals surface area contributed by atoms with Crippen molar-refractivity contribution in [3.63, 3.8) is 0 Å². The molecule has 2 rings (SSSR count). The van der Waals surface area contributed by atoms with Crippen molar-refractivity contribution in [3.8, 4) is 0 Å². The second-order valence-corrected chi connectivity index (χ2v) is 6.39. The van der Waals surface area contributed by atoms with Gasteiger partial charge >= 0.3 is 0 Å². The number of thioether (sulfide) groups is 1. The van der Waals surface area contributed by atoms with Crippen molar-refractivity contribution in [1.82, 2.24) is 10.3 Å². The molecule has 1 aromatic heterocycles. The first-order valence-corrected chi connectivity index (χ1v) is 8.06. The van der Waals surface area contributed by atoms with Crippen LogP contribution in [-0.2, 0) is 4.74 Å². The molecule has 106 valence electrons. The summed E-state index contributed by atoms with van der Waals surface area (Å²) in [5.41, 5.74) is 1.26. The summed E-state index contributed by atoms with van der Waals surface area (Å²) in [5, 5.41) is 5.14. The summed E-state index contributed by atoms with van der Waals surface area (Å²) in [5.74, 6) is 0. The van der Waals surface area contributed by atoms with E-state index in [0.717, 1.165) is 31.0 Å². The summed E-state index contributed by atoms with van der Waals surface area (Å²) < 4.78 is 5.59. The molecule has 0 saturated carbocycles. The van der Waals surface area contributed by atoms with Gasteiger partial charge in [0.15, 0.2) is 0 Å². The molecule has 1 N–H and O–H groups in total. The minimum atomic E-state index is 0.344. The second kappa shape index (κ2) is 7.27. The molecule has 19 heavy (non-hydrogen) atoms. The van der Waals surface area contributed by atoms with Gasteiger partial charge in [-0.1, -0.05) is 13.0 Å². The zero-order chi connectivity index (χ0) is 13.7. The van der Waals surface area contributed by atoms with Gasteiger partial charge in [-0.2, -0.15) is 0 Å². The van der Waals surface area contributed by atoms with Crippen molar-refractivity contribution in [2.24, 2.45) is 0 Å². The number of nitrogens with zero attached hydrogens (tertiary/aromatic N) is 1. The maximum absolute atomic E-state index is 5.59. The maximum Gasteiger partial charge on any atom is 0.0963 e. The monoisotopic (exact) mass is 280 g/mol. The van der Waals surface area contributed by atoms with Crippen LogP contribution in [0.4, 0.5) is 0 Å². The van der Waals surface area contributed by atoms with Crippen LogP contribution in [0.15, 0.2) is 23.4 Å². The van der Waals surface area contributed by atoms with Gasteiger partial charge in [0.25, 0.3) is 0 Å². The molecule has 1 saturated heterocycles. The molecule has 1 aliphatic heterocycles. The lowest BCUT2D eigenvalue weighted by atomic mass is 10.1. The van der Waals surface area contributed by atoms with Gasteiger partial charge in [-0.3, -0.25) is 0 Å². The topological polar surface area (TPSA) is 34.1 Å². The average molecular weight is 280 g/mol. The highest BCUT2D eigenvalue weighted by atomic mass is 32.2. The number of rotatable bonds is 6. The molecule has 0 amide bonds. The molecule has 1 fully saturated rings. The van der Waals surface area contributed by atoms with Crippen LogP contribution >= 0.6 is 11.8 Å². The van der Waals surface area contributed by atoms with E-state index in [4.69, 9.17) is 4.74 Å². The number of hydrogen-bond donors (Lipinski definition) is 1. The lowest BCUT2D eigenvalue weighted by molar-refractivity contribution is 0.127. The number of aromatic nitrogens is 1. The summed E-state index contributed by atoms with van der Waals surface area (Å²) in [7, 11) is 0. The highest BCUT2D eigenvalue weighted by Gasteiger charge is 2.25. The summed E-state index contributed by atoms with van der Waals surface area (Å²) in [6, 6.07) is 4.69. The second-order valence-electron chi connectivity index (χ2n) is 5.13. The van der Waals surface area contributed by atoms with Crippen LogP contribution in [0.25, 0.3) is 0 Å². The Morgan fingerprint density at radius 3 is 2.95 bits per heavy atom. The Morgan fingerprint density at radius 1 is 1.53 bits per heavy atom. The molecular formula is C15H24N2OS. The fourth-order valence-electron chi connectivity index (χ4n) is 2.22. The molecule has 3 nitrogen and oxygen atoms in total. The average Bonchev–Trinajstić information content (AvgIpc) is 2.82. The van der Waals surface area contributed by atoms with Crippen LogP contribution in [0.5, 0.6) is 0 Å². The van der Waals surface area contributed by atoms with E-state index >= 15 is 0 Å². The van der Waals surface area contributed by atoms with Crippen molar-refractivity contribution in [2.75, 3.05) is 13.2 Å². The third kappa shape index (κ3) is 4.20. The molecule has 1 aliphatic rings. The van der Waals surface area contributed by atoms with Crippen LogP contribution < -0.4 is 5.32 Å². The highest BCUT2D eigenvalue weighted by Crippen LogP contribution is 2.31. The minimum absolute atomic E-state index is 0.344. The molecule has 3 atom stereocenters. The molecule has 1 aromatic rings. The minimum Gasteiger partial charge on any atom is -0.377 e. The van der Waals surface area contributed by atoms with Crippen LogP contribution in [0.3, 0.4) is 0 Å². The SMILES string of the molecule is CCCNC(C)c1ccc(SC2CCOC2C)nc1. The predicted molar refractivity (Wildman–Crippen MR) is 80.6 cm³/mol. The fraction of sp³-hybridized carbons (Fsp3) is 0.667. The van der Waals surface area contributed by atoms with Gasteiger partial charge in [-0.25, -0.2) is 4.98 Å². The standard InChI is InChI=1S/C15H24N2OS/c1-4-8-16-11(2)13-5-6-15(17-10-13)19-14-7-9-18-12(14)3/h5-6,10-12,14,16H,4,7-9H2,1-3H3. The van der Waals surface area contributed by atoms with Gasteiger partial charge in [0.1, 0.15) is 0 Å². The quantitative estimate of drug-likeness (QED) is 0.866. The van der Waals surface area contributed by atoms with Gasteiger partial charge in [-0.15, -0.1) is 11.8 Å². The van der Waals surface area contributed by atoms with Gasteiger partial charge in [0.05, 0.1) is 11.1 Å². The molecule has 0 radical (unpaired) electrons. The number of nitrogens with one attached hydrogen (secondary N) is 1. The van der Waals surface area contributed by atoms with Crippen LogP contribution in [-0.4, -0.2) is 29.5 Å². The lowest BCUT2D eigenvalue weighted by Crippen LogP contribution is -2.19. The third-order valence-electron chi connectivity index (χ3n) is 3.54. The first-order valence-electron chi connectivity index (χ1n) is 7.18. The molecule has 0 spiro atoms. The summed E-state index contributed by atoms with van der Waals surface area (Å²) in [6.45, 7) is 8.45. The van der Waals surface area contributed by atoms with Gasteiger partial charge < -0.3 is 10.1 Å². The molecule has 3 unspecified atom stereocenters. The van der Waals surface area contributed by atoms with Crippen LogP contribution in [0.2, 0.25) is 0 Å². The van der Waals surface area contributed by atoms with Gasteiger partial charge in [0.2, 0.25) is 0 Å². The van der Waals surface area contributed by atoms with E-state index in [0.29, 0.717) is 17.4 Å². The maximum atomic E-state index is 5.59. The molecule has 4 heteroatoms. The van der Waals surface area contributed by atoms with Gasteiger partial charge in [-0.05, 0) is 44.9 Å². The Bertz CT molecular complexity index is 382. The predicted octanol–water partition coefficient (Wildman–Crippen LogP) is 3.41. The van der Waals surface area contributed by atoms with E-state index in [9.17, 15) is 0 Å². The largest absolute Gasteiger partial charge is 0.377 e. The van der Waals surface area contributed by atoms with Crippen molar-refractivity contribution in [2.45, 2.75) is 56.0 Å². The van der Waals surface area contributed by atoms with E-state index in [-0.39, 0.29) is 0 Å². The number of ether oxygens (including phenoxy) is 1. The molecule has 0 bridgehead atoms. The molecular weight excluding hydrogens is 256 g/mol. The third-order valence-corrected chi connectivity index (χ3v) is 4.94. The van der Waals surface area contributed by atoms with E-state index in [1.807, 2.05) is 18.0 Å². The van der Waals surface area contributed by atoms with Gasteiger partial charge in [0, 0.05) is 24.1 Å². The normalized spacial score (nSPS) is 24.6. The van der Waals surface area contributed by atoms with E-state index in [2.05, 4.69) is 43.2 Å². The molecule has 2 heterocycles. The smallest absolute Gasteiger partial charge is 0.0963 e.